The maximum Gasteiger partial charge on any atom is 0.230 e. The van der Waals surface area contributed by atoms with Gasteiger partial charge in [-0.2, -0.15) is 0 Å². The van der Waals surface area contributed by atoms with Crippen molar-refractivity contribution in [1.82, 2.24) is 4.90 Å². The van der Waals surface area contributed by atoms with Crippen molar-refractivity contribution < 1.29 is 13.2 Å². The summed E-state index contributed by atoms with van der Waals surface area (Å²) in [5.74, 6) is 0.250. The molecular formula is C20H28ClNO3S. The van der Waals surface area contributed by atoms with Gasteiger partial charge in [0.2, 0.25) is 5.91 Å². The summed E-state index contributed by atoms with van der Waals surface area (Å²) in [5, 5.41) is 0.651. The Morgan fingerprint density at radius 3 is 2.19 bits per heavy atom. The van der Waals surface area contributed by atoms with Gasteiger partial charge in [0, 0.05) is 17.1 Å². The van der Waals surface area contributed by atoms with E-state index in [9.17, 15) is 13.2 Å². The van der Waals surface area contributed by atoms with E-state index in [1.165, 1.54) is 0 Å². The number of nitrogens with zero attached hydrogens (tertiary/aromatic N) is 1. The fourth-order valence-electron chi connectivity index (χ4n) is 4.48. The van der Waals surface area contributed by atoms with Crippen LogP contribution in [0.5, 0.6) is 0 Å². The molecule has 4 nitrogen and oxygen atoms in total. The van der Waals surface area contributed by atoms with Crippen LogP contribution in [0.15, 0.2) is 24.3 Å². The molecule has 1 saturated carbocycles. The number of hydrogen-bond acceptors (Lipinski definition) is 3. The van der Waals surface area contributed by atoms with Crippen molar-refractivity contribution in [1.29, 1.82) is 0 Å². The van der Waals surface area contributed by atoms with Crippen LogP contribution in [0.1, 0.15) is 57.4 Å². The van der Waals surface area contributed by atoms with Crippen LogP contribution in [0.4, 0.5) is 0 Å². The van der Waals surface area contributed by atoms with Crippen molar-refractivity contribution in [2.75, 3.05) is 11.5 Å². The number of benzene rings is 1. The summed E-state index contributed by atoms with van der Waals surface area (Å²) in [7, 11) is -3.03. The fraction of sp³-hybridized carbons (Fsp3) is 0.650. The molecule has 0 spiro atoms. The molecule has 26 heavy (non-hydrogen) atoms. The van der Waals surface area contributed by atoms with Gasteiger partial charge >= 0.3 is 0 Å². The van der Waals surface area contributed by atoms with Gasteiger partial charge in [-0.3, -0.25) is 4.79 Å². The molecule has 3 rings (SSSR count). The van der Waals surface area contributed by atoms with E-state index >= 15 is 0 Å². The van der Waals surface area contributed by atoms with Gasteiger partial charge in [-0.05, 0) is 42.9 Å². The summed E-state index contributed by atoms with van der Waals surface area (Å²) in [4.78, 5) is 15.6. The van der Waals surface area contributed by atoms with Gasteiger partial charge in [-0.15, -0.1) is 0 Å². The zero-order valence-corrected chi connectivity index (χ0v) is 17.1. The zero-order chi connectivity index (χ0) is 18.9. The van der Waals surface area contributed by atoms with Gasteiger partial charge in [0.05, 0.1) is 17.4 Å². The zero-order valence-electron chi connectivity index (χ0n) is 15.5. The highest BCUT2D eigenvalue weighted by atomic mass is 35.5. The highest BCUT2D eigenvalue weighted by molar-refractivity contribution is 7.91. The van der Waals surface area contributed by atoms with Crippen molar-refractivity contribution >= 4 is 27.3 Å². The smallest absolute Gasteiger partial charge is 0.230 e. The predicted molar refractivity (Wildman–Crippen MR) is 105 cm³/mol. The first-order valence-corrected chi connectivity index (χ1v) is 11.8. The average molecular weight is 398 g/mol. The third-order valence-corrected chi connectivity index (χ3v) is 7.74. The van der Waals surface area contributed by atoms with Crippen LogP contribution in [0.2, 0.25) is 5.02 Å². The van der Waals surface area contributed by atoms with Gasteiger partial charge in [-0.1, -0.05) is 50.4 Å². The van der Waals surface area contributed by atoms with Crippen LogP contribution in [-0.2, 0) is 14.6 Å². The molecule has 1 amide bonds. The maximum absolute atomic E-state index is 13.7. The Labute approximate surface area is 161 Å². The minimum absolute atomic E-state index is 0.0799. The third kappa shape index (κ3) is 4.25. The number of carbonyl (C=O) groups is 1. The molecule has 0 bridgehead atoms. The summed E-state index contributed by atoms with van der Waals surface area (Å²) in [6.45, 7) is 4.10. The lowest BCUT2D eigenvalue weighted by Crippen LogP contribution is -2.49. The van der Waals surface area contributed by atoms with Crippen LogP contribution < -0.4 is 0 Å². The Balaban J connectivity index is 1.92. The standard InChI is InChI=1S/C20H28ClNO3S/c1-14(2)19(15-7-9-16(21)10-8-15)20(23)22(17-5-3-4-6-17)18-11-12-26(24,25)13-18/h7-10,14,17-19H,3-6,11-13H2,1-2H3/t18-,19+/m1/s1. The van der Waals surface area contributed by atoms with Gasteiger partial charge in [0.25, 0.3) is 0 Å². The van der Waals surface area contributed by atoms with Crippen molar-refractivity contribution in [3.63, 3.8) is 0 Å². The largest absolute Gasteiger partial charge is 0.335 e. The van der Waals surface area contributed by atoms with Crippen molar-refractivity contribution in [2.24, 2.45) is 5.92 Å². The quantitative estimate of drug-likeness (QED) is 0.753. The molecule has 1 aliphatic heterocycles. The van der Waals surface area contributed by atoms with Crippen LogP contribution in [0.25, 0.3) is 0 Å². The SMILES string of the molecule is CC(C)[C@H](C(=O)N(C1CCCC1)[C@@H]1CCS(=O)(=O)C1)c1ccc(Cl)cc1. The van der Waals surface area contributed by atoms with Crippen LogP contribution in [-0.4, -0.2) is 42.8 Å². The summed E-state index contributed by atoms with van der Waals surface area (Å²) in [5.41, 5.74) is 0.957. The molecule has 1 aromatic rings. The number of halogens is 1. The molecular weight excluding hydrogens is 370 g/mol. The van der Waals surface area contributed by atoms with Gasteiger partial charge in [-0.25, -0.2) is 8.42 Å². The summed E-state index contributed by atoms with van der Waals surface area (Å²) in [6, 6.07) is 7.48. The van der Waals surface area contributed by atoms with E-state index in [0.717, 1.165) is 31.2 Å². The monoisotopic (exact) mass is 397 g/mol. The van der Waals surface area contributed by atoms with Crippen molar-refractivity contribution in [2.45, 2.75) is 64.0 Å². The molecule has 2 aliphatic rings. The summed E-state index contributed by atoms with van der Waals surface area (Å²) >= 11 is 6.01. The molecule has 1 saturated heterocycles. The molecule has 1 aliphatic carbocycles. The number of sulfone groups is 1. The highest BCUT2D eigenvalue weighted by Crippen LogP contribution is 2.35. The lowest BCUT2D eigenvalue weighted by atomic mass is 9.86. The first kappa shape index (κ1) is 19.7. The first-order valence-electron chi connectivity index (χ1n) is 9.56. The minimum Gasteiger partial charge on any atom is -0.335 e. The van der Waals surface area contributed by atoms with Gasteiger partial charge in [0.1, 0.15) is 0 Å². The topological polar surface area (TPSA) is 54.5 Å². The Morgan fingerprint density at radius 1 is 1.08 bits per heavy atom. The molecule has 2 fully saturated rings. The van der Waals surface area contributed by atoms with E-state index in [1.807, 2.05) is 29.2 Å². The Kier molecular flexibility index (Phi) is 5.97. The molecule has 144 valence electrons. The lowest BCUT2D eigenvalue weighted by molar-refractivity contribution is -0.138. The number of amides is 1. The van der Waals surface area contributed by atoms with Crippen molar-refractivity contribution in [3.05, 3.63) is 34.9 Å². The summed E-state index contributed by atoms with van der Waals surface area (Å²) in [6.07, 6.45) is 4.75. The second-order valence-corrected chi connectivity index (χ2v) is 10.7. The second kappa shape index (κ2) is 7.89. The molecule has 1 aromatic carbocycles. The molecule has 0 N–H and O–H groups in total. The van der Waals surface area contributed by atoms with Crippen molar-refractivity contribution in [3.8, 4) is 0 Å². The Hall–Kier alpha value is -1.07. The number of hydrogen-bond donors (Lipinski definition) is 0. The van der Waals surface area contributed by atoms with Gasteiger partial charge < -0.3 is 4.90 Å². The third-order valence-electron chi connectivity index (χ3n) is 5.74. The van der Waals surface area contributed by atoms with E-state index in [1.54, 1.807) is 0 Å². The number of rotatable bonds is 5. The van der Waals surface area contributed by atoms with Crippen LogP contribution in [0, 0.1) is 5.92 Å². The van der Waals surface area contributed by atoms with E-state index in [-0.39, 0.29) is 41.3 Å². The normalized spacial score (nSPS) is 24.1. The lowest BCUT2D eigenvalue weighted by Gasteiger charge is -2.38. The average Bonchev–Trinajstić information content (AvgIpc) is 3.20. The molecule has 2 atom stereocenters. The van der Waals surface area contributed by atoms with Crippen LogP contribution in [0.3, 0.4) is 0 Å². The van der Waals surface area contributed by atoms with Gasteiger partial charge in [0.15, 0.2) is 9.84 Å². The van der Waals surface area contributed by atoms with E-state index in [2.05, 4.69) is 13.8 Å². The predicted octanol–water partition coefficient (Wildman–Crippen LogP) is 4.04. The van der Waals surface area contributed by atoms with Crippen LogP contribution >= 0.6 is 11.6 Å². The molecule has 1 heterocycles. The number of carbonyl (C=O) groups excluding carboxylic acids is 1. The molecule has 6 heteroatoms. The van der Waals surface area contributed by atoms with E-state index in [0.29, 0.717) is 11.4 Å². The fourth-order valence-corrected chi connectivity index (χ4v) is 6.32. The Morgan fingerprint density at radius 2 is 1.69 bits per heavy atom. The first-order chi connectivity index (χ1) is 12.3. The molecule has 0 unspecified atom stereocenters. The minimum atomic E-state index is -3.03. The summed E-state index contributed by atoms with van der Waals surface area (Å²) < 4.78 is 24.1. The maximum atomic E-state index is 13.7. The Bertz CT molecular complexity index is 739. The molecule has 0 aromatic heterocycles. The molecule has 0 radical (unpaired) electrons. The highest BCUT2D eigenvalue weighted by Gasteiger charge is 2.41. The second-order valence-electron chi connectivity index (χ2n) is 8.01. The van der Waals surface area contributed by atoms with E-state index < -0.39 is 9.84 Å². The van der Waals surface area contributed by atoms with E-state index in [4.69, 9.17) is 11.6 Å².